The first-order chi connectivity index (χ1) is 13.9. The second-order valence-electron chi connectivity index (χ2n) is 6.66. The topological polar surface area (TPSA) is 59.1 Å². The van der Waals surface area contributed by atoms with Crippen molar-refractivity contribution in [1.29, 1.82) is 0 Å². The first-order valence-corrected chi connectivity index (χ1v) is 10.4. The van der Waals surface area contributed by atoms with Crippen LogP contribution < -0.4 is 9.64 Å². The predicted octanol–water partition coefficient (Wildman–Crippen LogP) is 3.45. The third-order valence-electron chi connectivity index (χ3n) is 4.15. The Morgan fingerprint density at radius 1 is 0.966 bits per heavy atom. The largest absolute Gasteiger partial charge is 0.494 e. The normalized spacial score (nSPS) is 10.3. The van der Waals surface area contributed by atoms with E-state index >= 15 is 0 Å². The zero-order valence-corrected chi connectivity index (χ0v) is 18.2. The van der Waals surface area contributed by atoms with Crippen molar-refractivity contribution in [2.24, 2.45) is 0 Å². The molecule has 0 bridgehead atoms. The van der Waals surface area contributed by atoms with Gasteiger partial charge < -0.3 is 19.3 Å². The average Bonchev–Trinajstić information content (AvgIpc) is 2.72. The monoisotopic (exact) mass is 416 g/mol. The van der Waals surface area contributed by atoms with Gasteiger partial charge in [0.2, 0.25) is 0 Å². The Kier molecular flexibility index (Phi) is 8.86. The quantitative estimate of drug-likeness (QED) is 0.437. The van der Waals surface area contributed by atoms with Crippen molar-refractivity contribution in [2.45, 2.75) is 18.4 Å². The van der Waals surface area contributed by atoms with Gasteiger partial charge in [-0.15, -0.1) is 11.8 Å². The van der Waals surface area contributed by atoms with E-state index in [1.165, 1.54) is 11.8 Å². The van der Waals surface area contributed by atoms with Gasteiger partial charge >= 0.3 is 5.97 Å². The van der Waals surface area contributed by atoms with Crippen LogP contribution >= 0.6 is 11.8 Å². The van der Waals surface area contributed by atoms with Gasteiger partial charge in [0.25, 0.3) is 5.91 Å². The third-order valence-corrected chi connectivity index (χ3v) is 5.13. The van der Waals surface area contributed by atoms with E-state index in [0.717, 1.165) is 21.9 Å². The maximum absolute atomic E-state index is 12.2. The minimum absolute atomic E-state index is 0.150. The lowest BCUT2D eigenvalue weighted by molar-refractivity contribution is -0.149. The van der Waals surface area contributed by atoms with E-state index in [-0.39, 0.29) is 18.3 Å². The summed E-state index contributed by atoms with van der Waals surface area (Å²) < 4.78 is 10.5. The number of ether oxygens (including phenoxy) is 2. The summed E-state index contributed by atoms with van der Waals surface area (Å²) in [5.74, 6) is 0.295. The number of likely N-dealkylation sites (N-methyl/N-ethyl adjacent to an activating group) is 1. The van der Waals surface area contributed by atoms with E-state index in [1.807, 2.05) is 74.4 Å². The Morgan fingerprint density at radius 3 is 2.21 bits per heavy atom. The summed E-state index contributed by atoms with van der Waals surface area (Å²) in [4.78, 5) is 28.7. The molecule has 0 aliphatic heterocycles. The van der Waals surface area contributed by atoms with Gasteiger partial charge in [0.05, 0.1) is 12.4 Å². The van der Waals surface area contributed by atoms with E-state index in [1.54, 1.807) is 11.9 Å². The van der Waals surface area contributed by atoms with Crippen molar-refractivity contribution < 1.29 is 19.1 Å². The van der Waals surface area contributed by atoms with Crippen LogP contribution in [0.3, 0.4) is 0 Å². The molecule has 6 nitrogen and oxygen atoms in total. The molecule has 0 saturated carbocycles. The second-order valence-corrected chi connectivity index (χ2v) is 7.71. The van der Waals surface area contributed by atoms with Crippen LogP contribution in [0.5, 0.6) is 5.75 Å². The minimum Gasteiger partial charge on any atom is -0.494 e. The number of anilines is 1. The van der Waals surface area contributed by atoms with E-state index in [0.29, 0.717) is 13.2 Å². The van der Waals surface area contributed by atoms with Crippen molar-refractivity contribution in [1.82, 2.24) is 4.90 Å². The lowest BCUT2D eigenvalue weighted by Gasteiger charge is -2.18. The van der Waals surface area contributed by atoms with Crippen molar-refractivity contribution >= 4 is 29.3 Å². The second kappa shape index (κ2) is 11.4. The molecule has 0 fully saturated rings. The summed E-state index contributed by atoms with van der Waals surface area (Å²) in [7, 11) is 5.66. The van der Waals surface area contributed by atoms with Gasteiger partial charge in [-0.05, 0) is 48.9 Å². The van der Waals surface area contributed by atoms with Crippen LogP contribution in [-0.4, -0.2) is 56.9 Å². The summed E-state index contributed by atoms with van der Waals surface area (Å²) in [6.45, 7) is 2.75. The fraction of sp³-hybridized carbons (Fsp3) is 0.364. The van der Waals surface area contributed by atoms with Gasteiger partial charge in [0.15, 0.2) is 6.61 Å². The highest BCUT2D eigenvalue weighted by molar-refractivity contribution is 8.00. The predicted molar refractivity (Wildman–Crippen MR) is 117 cm³/mol. The van der Waals surface area contributed by atoms with Crippen molar-refractivity contribution in [3.8, 4) is 5.75 Å². The molecule has 2 rings (SSSR count). The van der Waals surface area contributed by atoms with E-state index in [9.17, 15) is 9.59 Å². The molecule has 0 aliphatic carbocycles. The molecular formula is C22H28N2O4S. The number of benzene rings is 2. The Balaban J connectivity index is 1.72. The molecule has 2 aromatic rings. The summed E-state index contributed by atoms with van der Waals surface area (Å²) >= 11 is 1.36. The number of hydrogen-bond donors (Lipinski definition) is 0. The summed E-state index contributed by atoms with van der Waals surface area (Å²) in [6.07, 6.45) is 0. The SMILES string of the molecule is CCOc1ccc(SCC(=O)OCC(=O)N(C)Cc2ccc(N(C)C)cc2)cc1. The standard InChI is InChI=1S/C22H28N2O4S/c1-5-27-19-10-12-20(13-11-19)29-16-22(26)28-15-21(25)24(4)14-17-6-8-18(9-7-17)23(2)3/h6-13H,5,14-16H2,1-4H3. The zero-order valence-electron chi connectivity index (χ0n) is 17.4. The van der Waals surface area contributed by atoms with Crippen molar-refractivity contribution in [3.05, 3.63) is 54.1 Å². The number of carbonyl (C=O) groups excluding carboxylic acids is 2. The van der Waals surface area contributed by atoms with Crippen LogP contribution in [0.15, 0.2) is 53.4 Å². The first-order valence-electron chi connectivity index (χ1n) is 9.40. The number of carbonyl (C=O) groups is 2. The van der Waals surface area contributed by atoms with Crippen LogP contribution in [0.1, 0.15) is 12.5 Å². The number of rotatable bonds is 10. The lowest BCUT2D eigenvalue weighted by atomic mass is 10.2. The maximum atomic E-state index is 12.2. The Hall–Kier alpha value is -2.67. The summed E-state index contributed by atoms with van der Waals surface area (Å²) in [5.41, 5.74) is 2.12. The average molecular weight is 417 g/mol. The number of esters is 1. The van der Waals surface area contributed by atoms with Crippen molar-refractivity contribution in [3.63, 3.8) is 0 Å². The van der Waals surface area contributed by atoms with E-state index in [4.69, 9.17) is 9.47 Å². The Bertz CT molecular complexity index is 791. The van der Waals surface area contributed by atoms with Gasteiger partial charge in [-0.3, -0.25) is 9.59 Å². The van der Waals surface area contributed by atoms with Crippen LogP contribution in [0.25, 0.3) is 0 Å². The summed E-state index contributed by atoms with van der Waals surface area (Å²) in [6, 6.07) is 15.5. The highest BCUT2D eigenvalue weighted by Crippen LogP contribution is 2.21. The molecule has 0 radical (unpaired) electrons. The molecule has 0 aliphatic rings. The number of nitrogens with zero attached hydrogens (tertiary/aromatic N) is 2. The first kappa shape index (κ1) is 22.6. The maximum Gasteiger partial charge on any atom is 0.316 e. The molecule has 0 spiro atoms. The lowest BCUT2D eigenvalue weighted by Crippen LogP contribution is -2.31. The smallest absolute Gasteiger partial charge is 0.316 e. The highest BCUT2D eigenvalue weighted by Gasteiger charge is 2.13. The summed E-state index contributed by atoms with van der Waals surface area (Å²) in [5, 5.41) is 0. The Labute approximate surface area is 176 Å². The molecule has 0 unspecified atom stereocenters. The minimum atomic E-state index is -0.416. The van der Waals surface area contributed by atoms with Gasteiger partial charge in [-0.2, -0.15) is 0 Å². The molecule has 0 saturated heterocycles. The Morgan fingerprint density at radius 2 is 1.62 bits per heavy atom. The third kappa shape index (κ3) is 7.69. The number of thioether (sulfide) groups is 1. The molecule has 0 atom stereocenters. The van der Waals surface area contributed by atoms with Gasteiger partial charge in [-0.1, -0.05) is 12.1 Å². The van der Waals surface area contributed by atoms with Gasteiger partial charge in [-0.25, -0.2) is 0 Å². The van der Waals surface area contributed by atoms with Crippen molar-refractivity contribution in [2.75, 3.05) is 45.0 Å². The van der Waals surface area contributed by atoms with Crippen LogP contribution in [0, 0.1) is 0 Å². The zero-order chi connectivity index (χ0) is 21.2. The number of hydrogen-bond acceptors (Lipinski definition) is 6. The number of amides is 1. The fourth-order valence-electron chi connectivity index (χ4n) is 2.50. The molecule has 29 heavy (non-hydrogen) atoms. The van der Waals surface area contributed by atoms with Crippen LogP contribution in [-0.2, 0) is 20.9 Å². The van der Waals surface area contributed by atoms with Gasteiger partial charge in [0.1, 0.15) is 5.75 Å². The molecule has 7 heteroatoms. The van der Waals surface area contributed by atoms with E-state index < -0.39 is 5.97 Å². The molecule has 2 aromatic carbocycles. The molecule has 156 valence electrons. The molecule has 0 heterocycles. The van der Waals surface area contributed by atoms with E-state index in [2.05, 4.69) is 0 Å². The molecule has 0 aromatic heterocycles. The highest BCUT2D eigenvalue weighted by atomic mass is 32.2. The van der Waals surface area contributed by atoms with Crippen LogP contribution in [0.2, 0.25) is 0 Å². The molecule has 0 N–H and O–H groups in total. The fourth-order valence-corrected chi connectivity index (χ4v) is 3.19. The van der Waals surface area contributed by atoms with Gasteiger partial charge in [0, 0.05) is 38.3 Å². The molecular weight excluding hydrogens is 388 g/mol. The molecule has 1 amide bonds. The van der Waals surface area contributed by atoms with Crippen LogP contribution in [0.4, 0.5) is 5.69 Å².